The van der Waals surface area contributed by atoms with E-state index in [0.717, 1.165) is 24.2 Å². The van der Waals surface area contributed by atoms with Gasteiger partial charge in [0, 0.05) is 18.3 Å². The van der Waals surface area contributed by atoms with Crippen LogP contribution in [0.15, 0.2) is 12.3 Å². The summed E-state index contributed by atoms with van der Waals surface area (Å²) in [5, 5.41) is 29.0. The Labute approximate surface area is 147 Å². The van der Waals surface area contributed by atoms with Crippen LogP contribution in [0.4, 0.5) is 5.82 Å². The first-order chi connectivity index (χ1) is 11.8. The fourth-order valence-corrected chi connectivity index (χ4v) is 3.35. The first kappa shape index (κ1) is 17.4. The number of aliphatic hydroxyl groups is 1. The Morgan fingerprint density at radius 1 is 1.36 bits per heavy atom. The lowest BCUT2D eigenvalue weighted by Gasteiger charge is -2.39. The molecule has 1 saturated heterocycles. The second-order valence-corrected chi connectivity index (χ2v) is 7.13. The van der Waals surface area contributed by atoms with Crippen molar-refractivity contribution >= 4 is 5.82 Å². The molecule has 7 heteroatoms. The molecule has 2 aromatic heterocycles. The molecule has 25 heavy (non-hydrogen) atoms. The molecule has 0 aromatic carbocycles. The van der Waals surface area contributed by atoms with Gasteiger partial charge in [-0.15, -0.1) is 5.10 Å². The summed E-state index contributed by atoms with van der Waals surface area (Å²) in [5.41, 5.74) is 1.84. The van der Waals surface area contributed by atoms with Gasteiger partial charge < -0.3 is 10.0 Å². The molecule has 7 nitrogen and oxygen atoms in total. The molecular formula is C18H24N6O. The van der Waals surface area contributed by atoms with Crippen LogP contribution in [0, 0.1) is 25.2 Å². The van der Waals surface area contributed by atoms with Crippen molar-refractivity contribution in [2.24, 2.45) is 0 Å². The molecule has 1 fully saturated rings. The molecule has 0 bridgehead atoms. The number of aryl methyl sites for hydroxylation is 2. The first-order valence-corrected chi connectivity index (χ1v) is 8.62. The van der Waals surface area contributed by atoms with E-state index < -0.39 is 5.60 Å². The van der Waals surface area contributed by atoms with Crippen molar-refractivity contribution in [1.29, 1.82) is 5.26 Å². The molecule has 0 spiro atoms. The number of pyridine rings is 1. The van der Waals surface area contributed by atoms with Gasteiger partial charge in [-0.05, 0) is 52.2 Å². The van der Waals surface area contributed by atoms with Crippen LogP contribution < -0.4 is 4.90 Å². The molecule has 2 aromatic rings. The molecule has 1 aliphatic heterocycles. The van der Waals surface area contributed by atoms with E-state index in [1.165, 1.54) is 0 Å². The highest BCUT2D eigenvalue weighted by Gasteiger charge is 2.39. The van der Waals surface area contributed by atoms with E-state index in [-0.39, 0.29) is 6.04 Å². The van der Waals surface area contributed by atoms with E-state index >= 15 is 0 Å². The van der Waals surface area contributed by atoms with Crippen LogP contribution in [0.5, 0.6) is 0 Å². The Kier molecular flexibility index (Phi) is 4.48. The zero-order valence-corrected chi connectivity index (χ0v) is 15.2. The first-order valence-electron chi connectivity index (χ1n) is 8.62. The molecule has 1 N–H and O–H groups in total. The van der Waals surface area contributed by atoms with E-state index in [1.807, 2.05) is 44.9 Å². The summed E-state index contributed by atoms with van der Waals surface area (Å²) in [6.45, 7) is 8.99. The second kappa shape index (κ2) is 6.45. The summed E-state index contributed by atoms with van der Waals surface area (Å²) >= 11 is 0. The number of hydrogen-bond acceptors (Lipinski definition) is 6. The van der Waals surface area contributed by atoms with Crippen molar-refractivity contribution in [3.63, 3.8) is 0 Å². The number of nitriles is 1. The Morgan fingerprint density at radius 3 is 2.76 bits per heavy atom. The number of hydrogen-bond donors (Lipinski definition) is 1. The maximum absolute atomic E-state index is 11.2. The molecular weight excluding hydrogens is 316 g/mol. The van der Waals surface area contributed by atoms with Gasteiger partial charge in [0.25, 0.3) is 0 Å². The number of rotatable bonds is 3. The summed E-state index contributed by atoms with van der Waals surface area (Å²) in [6.07, 6.45) is 3.23. The standard InChI is InChI=1S/C18H24N6O/c1-12(2)24-10-16(21-22-24)18(25)6-5-7-23(11-18)17-15(9-19)13(3)8-14(4)20-17/h8,10,12,25H,5-7,11H2,1-4H3. The Bertz CT molecular complexity index is 821. The van der Waals surface area contributed by atoms with E-state index in [1.54, 1.807) is 4.68 Å². The zero-order valence-electron chi connectivity index (χ0n) is 15.2. The minimum Gasteiger partial charge on any atom is -0.382 e. The van der Waals surface area contributed by atoms with E-state index in [2.05, 4.69) is 21.4 Å². The maximum Gasteiger partial charge on any atom is 0.147 e. The van der Waals surface area contributed by atoms with Crippen LogP contribution in [0.1, 0.15) is 55.2 Å². The third-order valence-corrected chi connectivity index (χ3v) is 4.72. The molecule has 132 valence electrons. The van der Waals surface area contributed by atoms with Gasteiger partial charge >= 0.3 is 0 Å². The predicted molar refractivity (Wildman–Crippen MR) is 94.2 cm³/mol. The smallest absolute Gasteiger partial charge is 0.147 e. The van der Waals surface area contributed by atoms with Crippen molar-refractivity contribution in [3.05, 3.63) is 34.8 Å². The summed E-state index contributed by atoms with van der Waals surface area (Å²) in [6, 6.07) is 4.36. The van der Waals surface area contributed by atoms with Gasteiger partial charge in [-0.3, -0.25) is 0 Å². The summed E-state index contributed by atoms with van der Waals surface area (Å²) in [7, 11) is 0. The third kappa shape index (κ3) is 3.22. The Balaban J connectivity index is 1.95. The van der Waals surface area contributed by atoms with Gasteiger partial charge in [0.1, 0.15) is 23.2 Å². The minimum atomic E-state index is -1.09. The maximum atomic E-state index is 11.2. The van der Waals surface area contributed by atoms with Crippen molar-refractivity contribution < 1.29 is 5.11 Å². The SMILES string of the molecule is Cc1cc(C)c(C#N)c(N2CCCC(O)(c3cn(C(C)C)nn3)C2)n1. The number of piperidine rings is 1. The molecule has 3 rings (SSSR count). The molecule has 1 unspecified atom stereocenters. The number of aromatic nitrogens is 4. The van der Waals surface area contributed by atoms with Crippen LogP contribution in [0.2, 0.25) is 0 Å². The second-order valence-electron chi connectivity index (χ2n) is 7.13. The van der Waals surface area contributed by atoms with Crippen molar-refractivity contribution in [2.75, 3.05) is 18.0 Å². The Hall–Kier alpha value is -2.46. The number of nitrogens with zero attached hydrogens (tertiary/aromatic N) is 6. The highest BCUT2D eigenvalue weighted by molar-refractivity contribution is 5.58. The normalized spacial score (nSPS) is 20.8. The summed E-state index contributed by atoms with van der Waals surface area (Å²) in [5.74, 6) is 0.648. The van der Waals surface area contributed by atoms with E-state index in [0.29, 0.717) is 30.0 Å². The average molecular weight is 340 g/mol. The highest BCUT2D eigenvalue weighted by Crippen LogP contribution is 2.34. The van der Waals surface area contributed by atoms with Crippen LogP contribution >= 0.6 is 0 Å². The lowest BCUT2D eigenvalue weighted by atomic mass is 9.89. The van der Waals surface area contributed by atoms with Gasteiger partial charge in [0.2, 0.25) is 0 Å². The Morgan fingerprint density at radius 2 is 2.12 bits per heavy atom. The zero-order chi connectivity index (χ0) is 18.2. The molecule has 1 atom stereocenters. The van der Waals surface area contributed by atoms with Crippen molar-refractivity contribution in [3.8, 4) is 6.07 Å². The number of β-amino-alcohol motifs (C(OH)–C–C–N with tert-alkyl or cyclic N) is 1. The fourth-order valence-electron chi connectivity index (χ4n) is 3.35. The highest BCUT2D eigenvalue weighted by atomic mass is 16.3. The predicted octanol–water partition coefficient (Wildman–Crippen LogP) is 2.23. The van der Waals surface area contributed by atoms with Crippen LogP contribution in [-0.2, 0) is 5.60 Å². The van der Waals surface area contributed by atoms with Gasteiger partial charge in [0.05, 0.1) is 18.3 Å². The fraction of sp³-hybridized carbons (Fsp3) is 0.556. The van der Waals surface area contributed by atoms with Gasteiger partial charge in [0.15, 0.2) is 0 Å². The summed E-state index contributed by atoms with van der Waals surface area (Å²) in [4.78, 5) is 6.57. The minimum absolute atomic E-state index is 0.191. The van der Waals surface area contributed by atoms with Gasteiger partial charge in [-0.1, -0.05) is 5.21 Å². The number of anilines is 1. The van der Waals surface area contributed by atoms with Crippen LogP contribution in [0.3, 0.4) is 0 Å². The lowest BCUT2D eigenvalue weighted by molar-refractivity contribution is 0.0174. The topological polar surface area (TPSA) is 90.9 Å². The van der Waals surface area contributed by atoms with Gasteiger partial charge in [-0.2, -0.15) is 5.26 Å². The monoisotopic (exact) mass is 340 g/mol. The molecule has 0 radical (unpaired) electrons. The molecule has 3 heterocycles. The van der Waals surface area contributed by atoms with Gasteiger partial charge in [-0.25, -0.2) is 9.67 Å². The molecule has 0 aliphatic carbocycles. The lowest BCUT2D eigenvalue weighted by Crippen LogP contribution is -2.47. The van der Waals surface area contributed by atoms with Crippen LogP contribution in [-0.4, -0.2) is 38.2 Å². The molecule has 0 saturated carbocycles. The van der Waals surface area contributed by atoms with E-state index in [4.69, 9.17) is 0 Å². The third-order valence-electron chi connectivity index (χ3n) is 4.72. The molecule has 0 amide bonds. The van der Waals surface area contributed by atoms with E-state index in [9.17, 15) is 10.4 Å². The van der Waals surface area contributed by atoms with Crippen molar-refractivity contribution in [2.45, 2.75) is 52.2 Å². The molecule has 1 aliphatic rings. The largest absolute Gasteiger partial charge is 0.382 e. The average Bonchev–Trinajstić information content (AvgIpc) is 3.05. The quantitative estimate of drug-likeness (QED) is 0.921. The summed E-state index contributed by atoms with van der Waals surface area (Å²) < 4.78 is 1.75. The van der Waals surface area contributed by atoms with Crippen molar-refractivity contribution in [1.82, 2.24) is 20.0 Å². The van der Waals surface area contributed by atoms with Crippen LogP contribution in [0.25, 0.3) is 0 Å².